The molecule has 39 heavy (non-hydrogen) atoms. The van der Waals surface area contributed by atoms with Crippen LogP contribution in [0.4, 0.5) is 4.39 Å². The molecule has 0 radical (unpaired) electrons. The summed E-state index contributed by atoms with van der Waals surface area (Å²) in [5, 5.41) is 25.7. The zero-order valence-electron chi connectivity index (χ0n) is 21.7. The van der Waals surface area contributed by atoms with E-state index in [1.807, 2.05) is 20.8 Å². The highest BCUT2D eigenvalue weighted by Gasteiger charge is 2.34. The van der Waals surface area contributed by atoms with E-state index in [2.05, 4.69) is 20.7 Å². The zero-order valence-corrected chi connectivity index (χ0v) is 22.4. The minimum atomic E-state index is -1.07. The number of rotatable bonds is 8. The average Bonchev–Trinajstić information content (AvgIpc) is 3.33. The summed E-state index contributed by atoms with van der Waals surface area (Å²) in [7, 11) is 0. The molecule has 0 aliphatic rings. The molecule has 0 spiro atoms. The summed E-state index contributed by atoms with van der Waals surface area (Å²) in [5.41, 5.74) is 1.19. The standard InChI is InChI=1S/C28H28ClFN6O3/c1-28(2,3)31-27(39)25(19-8-14-23(37)15-9-19)35(16-18-4-12-22(30)13-5-18)24(38)17-36-33-26(32-34-36)20-6-10-21(29)11-7-20/h4-15,25,37H,16-17H2,1-3H3,(H,31,39). The normalized spacial score (nSPS) is 12.1. The Balaban J connectivity index is 1.69. The van der Waals surface area contributed by atoms with Crippen molar-refractivity contribution in [2.75, 3.05) is 0 Å². The minimum absolute atomic E-state index is 0.000950. The maximum atomic E-state index is 13.8. The summed E-state index contributed by atoms with van der Waals surface area (Å²) in [6.45, 7) is 5.20. The number of nitrogens with zero attached hydrogens (tertiary/aromatic N) is 5. The van der Waals surface area contributed by atoms with Gasteiger partial charge in [0, 0.05) is 22.7 Å². The third-order valence-electron chi connectivity index (χ3n) is 5.69. The number of tetrazole rings is 1. The van der Waals surface area contributed by atoms with Gasteiger partial charge in [-0.2, -0.15) is 4.80 Å². The Morgan fingerprint density at radius 1 is 1.03 bits per heavy atom. The van der Waals surface area contributed by atoms with Gasteiger partial charge in [-0.1, -0.05) is 35.9 Å². The van der Waals surface area contributed by atoms with Crippen LogP contribution in [0.5, 0.6) is 5.75 Å². The Bertz CT molecular complexity index is 1430. The number of benzene rings is 3. The van der Waals surface area contributed by atoms with E-state index in [0.717, 1.165) is 4.80 Å². The van der Waals surface area contributed by atoms with E-state index in [-0.39, 0.29) is 18.8 Å². The number of carbonyl (C=O) groups is 2. The highest BCUT2D eigenvalue weighted by Crippen LogP contribution is 2.27. The molecule has 1 aromatic heterocycles. The molecule has 4 aromatic rings. The van der Waals surface area contributed by atoms with E-state index < -0.39 is 29.2 Å². The van der Waals surface area contributed by atoms with Crippen LogP contribution >= 0.6 is 11.6 Å². The van der Waals surface area contributed by atoms with Crippen LogP contribution in [0, 0.1) is 5.82 Å². The van der Waals surface area contributed by atoms with Gasteiger partial charge in [-0.25, -0.2) is 4.39 Å². The highest BCUT2D eigenvalue weighted by atomic mass is 35.5. The maximum Gasteiger partial charge on any atom is 0.247 e. The Morgan fingerprint density at radius 3 is 2.28 bits per heavy atom. The van der Waals surface area contributed by atoms with Gasteiger partial charge in [0.25, 0.3) is 0 Å². The topological polar surface area (TPSA) is 113 Å². The van der Waals surface area contributed by atoms with Crippen molar-refractivity contribution in [3.8, 4) is 17.1 Å². The lowest BCUT2D eigenvalue weighted by Gasteiger charge is -2.33. The van der Waals surface area contributed by atoms with Gasteiger partial charge in [0.05, 0.1) is 0 Å². The summed E-state index contributed by atoms with van der Waals surface area (Å²) < 4.78 is 13.6. The summed E-state index contributed by atoms with van der Waals surface area (Å²) in [6.07, 6.45) is 0. The number of hydrogen-bond donors (Lipinski definition) is 2. The van der Waals surface area contributed by atoms with Crippen molar-refractivity contribution < 1.29 is 19.1 Å². The third-order valence-corrected chi connectivity index (χ3v) is 5.94. The van der Waals surface area contributed by atoms with Crippen LogP contribution in [-0.2, 0) is 22.7 Å². The molecule has 1 heterocycles. The smallest absolute Gasteiger partial charge is 0.247 e. The van der Waals surface area contributed by atoms with E-state index in [1.165, 1.54) is 29.2 Å². The molecular weight excluding hydrogens is 523 g/mol. The molecule has 0 saturated heterocycles. The summed E-state index contributed by atoms with van der Waals surface area (Å²) in [6, 6.07) is 17.6. The second kappa shape index (κ2) is 11.6. The second-order valence-electron chi connectivity index (χ2n) is 10.0. The first-order chi connectivity index (χ1) is 18.5. The third kappa shape index (κ3) is 7.38. The van der Waals surface area contributed by atoms with Crippen molar-refractivity contribution in [2.24, 2.45) is 0 Å². The van der Waals surface area contributed by atoms with Gasteiger partial charge < -0.3 is 15.3 Å². The SMILES string of the molecule is CC(C)(C)NC(=O)C(c1ccc(O)cc1)N(Cc1ccc(F)cc1)C(=O)Cn1nnc(-c2ccc(Cl)cc2)n1. The number of hydrogen-bond acceptors (Lipinski definition) is 6. The van der Waals surface area contributed by atoms with Crippen molar-refractivity contribution in [3.05, 3.63) is 94.8 Å². The van der Waals surface area contributed by atoms with Gasteiger partial charge in [-0.15, -0.1) is 10.2 Å². The number of nitrogens with one attached hydrogen (secondary N) is 1. The number of phenolic OH excluding ortho intramolecular Hbond substituents is 1. The van der Waals surface area contributed by atoms with Crippen molar-refractivity contribution >= 4 is 23.4 Å². The molecule has 2 N–H and O–H groups in total. The molecule has 0 saturated carbocycles. The highest BCUT2D eigenvalue weighted by molar-refractivity contribution is 6.30. The van der Waals surface area contributed by atoms with Gasteiger partial charge in [-0.05, 0) is 85.6 Å². The lowest BCUT2D eigenvalue weighted by Crippen LogP contribution is -2.49. The van der Waals surface area contributed by atoms with Gasteiger partial charge in [0.15, 0.2) is 0 Å². The quantitative estimate of drug-likeness (QED) is 0.333. The molecule has 4 rings (SSSR count). The second-order valence-corrected chi connectivity index (χ2v) is 10.5. The molecular formula is C28H28ClFN6O3. The number of phenols is 1. The summed E-state index contributed by atoms with van der Waals surface area (Å²) in [5.74, 6) is -0.978. The predicted octanol–water partition coefficient (Wildman–Crippen LogP) is 4.52. The van der Waals surface area contributed by atoms with Crippen LogP contribution in [0.15, 0.2) is 72.8 Å². The first-order valence-electron chi connectivity index (χ1n) is 12.2. The molecule has 9 nitrogen and oxygen atoms in total. The summed E-state index contributed by atoms with van der Waals surface area (Å²) >= 11 is 5.96. The average molecular weight is 551 g/mol. The van der Waals surface area contributed by atoms with Crippen LogP contribution in [0.2, 0.25) is 5.02 Å². The largest absolute Gasteiger partial charge is 0.508 e. The first-order valence-corrected chi connectivity index (χ1v) is 12.5. The molecule has 1 unspecified atom stereocenters. The molecule has 11 heteroatoms. The van der Waals surface area contributed by atoms with E-state index >= 15 is 0 Å². The van der Waals surface area contributed by atoms with Crippen LogP contribution in [0.1, 0.15) is 37.9 Å². The molecule has 0 aliphatic heterocycles. The van der Waals surface area contributed by atoms with Crippen LogP contribution < -0.4 is 5.32 Å². The zero-order chi connectivity index (χ0) is 28.2. The number of carbonyl (C=O) groups excluding carboxylic acids is 2. The molecule has 2 amide bonds. The fraction of sp³-hybridized carbons (Fsp3) is 0.250. The Labute approximate surface area is 230 Å². The molecule has 1 atom stereocenters. The van der Waals surface area contributed by atoms with Crippen molar-refractivity contribution in [2.45, 2.75) is 45.4 Å². The minimum Gasteiger partial charge on any atom is -0.508 e. The fourth-order valence-electron chi connectivity index (χ4n) is 3.91. The number of amides is 2. The van der Waals surface area contributed by atoms with Crippen molar-refractivity contribution in [1.82, 2.24) is 30.4 Å². The molecule has 202 valence electrons. The lowest BCUT2D eigenvalue weighted by atomic mass is 10.0. The Hall–Kier alpha value is -4.31. The van der Waals surface area contributed by atoms with Crippen LogP contribution in [0.3, 0.4) is 0 Å². The monoisotopic (exact) mass is 550 g/mol. The van der Waals surface area contributed by atoms with E-state index in [9.17, 15) is 19.1 Å². The summed E-state index contributed by atoms with van der Waals surface area (Å²) in [4.78, 5) is 30.0. The van der Waals surface area contributed by atoms with Crippen molar-refractivity contribution in [1.29, 1.82) is 0 Å². The van der Waals surface area contributed by atoms with Crippen LogP contribution in [-0.4, -0.2) is 47.6 Å². The Kier molecular flexibility index (Phi) is 8.25. The predicted molar refractivity (Wildman–Crippen MR) is 144 cm³/mol. The van der Waals surface area contributed by atoms with Gasteiger partial charge in [-0.3, -0.25) is 9.59 Å². The number of aromatic nitrogens is 4. The Morgan fingerprint density at radius 2 is 1.67 bits per heavy atom. The lowest BCUT2D eigenvalue weighted by molar-refractivity contribution is -0.143. The first kappa shape index (κ1) is 27.7. The van der Waals surface area contributed by atoms with Crippen LogP contribution in [0.25, 0.3) is 11.4 Å². The van der Waals surface area contributed by atoms with Crippen molar-refractivity contribution in [3.63, 3.8) is 0 Å². The maximum absolute atomic E-state index is 13.8. The van der Waals surface area contributed by atoms with E-state index in [0.29, 0.717) is 27.5 Å². The molecule has 3 aromatic carbocycles. The fourth-order valence-corrected chi connectivity index (χ4v) is 4.04. The van der Waals surface area contributed by atoms with E-state index in [4.69, 9.17) is 11.6 Å². The molecule has 0 fully saturated rings. The molecule has 0 bridgehead atoms. The molecule has 0 aliphatic carbocycles. The van der Waals surface area contributed by atoms with Gasteiger partial charge in [0.2, 0.25) is 17.6 Å². The number of halogens is 2. The van der Waals surface area contributed by atoms with Gasteiger partial charge >= 0.3 is 0 Å². The van der Waals surface area contributed by atoms with E-state index in [1.54, 1.807) is 48.5 Å². The number of aromatic hydroxyl groups is 1. The van der Waals surface area contributed by atoms with Gasteiger partial charge in [0.1, 0.15) is 24.2 Å².